The van der Waals surface area contributed by atoms with Crippen LogP contribution in [-0.4, -0.2) is 18.2 Å². The molecular formula is C39H57NO2. The number of pyridine rings is 1. The molecule has 0 N–H and O–H groups in total. The molecule has 0 unspecified atom stereocenters. The minimum Gasteiger partial charge on any atom is -0.490 e. The maximum Gasteiger partial charge on any atom is 0.162 e. The van der Waals surface area contributed by atoms with Gasteiger partial charge in [-0.2, -0.15) is 0 Å². The maximum atomic E-state index is 6.27. The minimum absolute atomic E-state index is 0.674. The first kappa shape index (κ1) is 35.3. The lowest BCUT2D eigenvalue weighted by molar-refractivity contribution is 0.258. The maximum absolute atomic E-state index is 6.27. The van der Waals surface area contributed by atoms with Gasteiger partial charge < -0.3 is 9.47 Å². The predicted molar refractivity (Wildman–Crippen MR) is 179 cm³/mol. The van der Waals surface area contributed by atoms with Gasteiger partial charge in [-0.25, -0.2) is 4.98 Å². The number of aromatic nitrogens is 1. The molecule has 0 spiro atoms. The summed E-state index contributed by atoms with van der Waals surface area (Å²) in [6.45, 7) is 5.90. The third-order valence-corrected chi connectivity index (χ3v) is 7.74. The Kier molecular flexibility index (Phi) is 20.7. The highest BCUT2D eigenvalue weighted by Gasteiger charge is 2.11. The van der Waals surface area contributed by atoms with Gasteiger partial charge in [-0.3, -0.25) is 0 Å². The molecule has 3 nitrogen and oxygen atoms in total. The highest BCUT2D eigenvalue weighted by molar-refractivity contribution is 5.59. The Morgan fingerprint density at radius 2 is 1.02 bits per heavy atom. The van der Waals surface area contributed by atoms with E-state index >= 15 is 0 Å². The molecule has 0 aliphatic rings. The van der Waals surface area contributed by atoms with Gasteiger partial charge in [0.05, 0.1) is 13.2 Å². The first-order chi connectivity index (χ1) is 20.8. The molecule has 0 amide bonds. The Labute approximate surface area is 258 Å². The topological polar surface area (TPSA) is 31.4 Å². The number of terminal acetylenes is 1. The van der Waals surface area contributed by atoms with E-state index in [1.54, 1.807) is 6.20 Å². The molecule has 0 saturated heterocycles. The summed E-state index contributed by atoms with van der Waals surface area (Å²) >= 11 is 0. The number of unbranched alkanes of at least 4 members (excludes halogenated alkanes) is 18. The first-order valence-electron chi connectivity index (χ1n) is 17.1. The van der Waals surface area contributed by atoms with Crippen molar-refractivity contribution in [1.82, 2.24) is 4.98 Å². The Balaban J connectivity index is 1.86. The third-order valence-electron chi connectivity index (χ3n) is 7.74. The molecular weight excluding hydrogens is 514 g/mol. The van der Waals surface area contributed by atoms with E-state index in [2.05, 4.69) is 36.6 Å². The van der Waals surface area contributed by atoms with Crippen molar-refractivity contribution in [3.8, 4) is 35.7 Å². The highest BCUT2D eigenvalue weighted by atomic mass is 16.5. The van der Waals surface area contributed by atoms with Crippen LogP contribution in [0.5, 0.6) is 11.5 Å². The van der Waals surface area contributed by atoms with Crippen LogP contribution in [-0.2, 0) is 0 Å². The smallest absolute Gasteiger partial charge is 0.162 e. The Morgan fingerprint density at radius 3 is 1.45 bits per heavy atom. The van der Waals surface area contributed by atoms with Crippen LogP contribution in [0.2, 0.25) is 0 Å². The van der Waals surface area contributed by atoms with Crippen molar-refractivity contribution in [1.29, 1.82) is 0 Å². The van der Waals surface area contributed by atoms with Crippen molar-refractivity contribution in [2.24, 2.45) is 0 Å². The van der Waals surface area contributed by atoms with Crippen LogP contribution < -0.4 is 9.47 Å². The summed E-state index contributed by atoms with van der Waals surface area (Å²) in [7, 11) is 0. The normalized spacial score (nSPS) is 10.6. The molecule has 230 valence electrons. The highest BCUT2D eigenvalue weighted by Crippen LogP contribution is 2.31. The van der Waals surface area contributed by atoms with Crippen molar-refractivity contribution >= 4 is 0 Å². The number of nitrogens with zero attached hydrogens (tertiary/aromatic N) is 1. The fraction of sp³-hybridized carbons (Fsp3) is 0.615. The minimum atomic E-state index is 0.674. The summed E-state index contributed by atoms with van der Waals surface area (Å²) in [4.78, 5) is 4.31. The summed E-state index contributed by atoms with van der Waals surface area (Å²) in [6, 6.07) is 9.60. The molecule has 3 heteroatoms. The van der Waals surface area contributed by atoms with Crippen LogP contribution in [0.4, 0.5) is 0 Å². The SMILES string of the molecule is C#Cc1cc(OCCCCCCCCCCCC)c(OCCCCCCCCCCCC)cc1C#Cc1ccccn1. The quantitative estimate of drug-likeness (QED) is 0.0927. The van der Waals surface area contributed by atoms with Crippen molar-refractivity contribution in [3.05, 3.63) is 53.3 Å². The van der Waals surface area contributed by atoms with Gasteiger partial charge in [-0.1, -0.05) is 147 Å². The summed E-state index contributed by atoms with van der Waals surface area (Å²) < 4.78 is 12.5. The van der Waals surface area contributed by atoms with Gasteiger partial charge in [0.25, 0.3) is 0 Å². The molecule has 0 aliphatic heterocycles. The second-order valence-corrected chi connectivity index (χ2v) is 11.5. The van der Waals surface area contributed by atoms with Gasteiger partial charge in [0, 0.05) is 29.5 Å². The van der Waals surface area contributed by atoms with Crippen LogP contribution in [0, 0.1) is 24.2 Å². The van der Waals surface area contributed by atoms with Gasteiger partial charge in [0.1, 0.15) is 5.69 Å². The second-order valence-electron chi connectivity index (χ2n) is 11.5. The summed E-state index contributed by atoms with van der Waals surface area (Å²) in [5.41, 5.74) is 2.21. The van der Waals surface area contributed by atoms with Gasteiger partial charge in [-0.05, 0) is 30.9 Å². The molecule has 0 saturated carbocycles. The molecule has 0 radical (unpaired) electrons. The zero-order valence-electron chi connectivity index (χ0n) is 26.9. The number of ether oxygens (including phenoxy) is 2. The van der Waals surface area contributed by atoms with E-state index in [9.17, 15) is 0 Å². The largest absolute Gasteiger partial charge is 0.490 e. The molecule has 0 atom stereocenters. The number of benzene rings is 1. The summed E-state index contributed by atoms with van der Waals surface area (Å²) in [5, 5.41) is 0. The zero-order valence-corrected chi connectivity index (χ0v) is 26.9. The van der Waals surface area contributed by atoms with E-state index in [1.165, 1.54) is 116 Å². The van der Waals surface area contributed by atoms with Gasteiger partial charge >= 0.3 is 0 Å². The second kappa shape index (κ2) is 24.7. The molecule has 42 heavy (non-hydrogen) atoms. The molecule has 2 rings (SSSR count). The molecule has 1 aromatic carbocycles. The fourth-order valence-electron chi connectivity index (χ4n) is 5.12. The lowest BCUT2D eigenvalue weighted by Gasteiger charge is -2.15. The van der Waals surface area contributed by atoms with Crippen LogP contribution in [0.15, 0.2) is 36.5 Å². The fourth-order valence-corrected chi connectivity index (χ4v) is 5.12. The van der Waals surface area contributed by atoms with Crippen molar-refractivity contribution in [3.63, 3.8) is 0 Å². The molecule has 0 bridgehead atoms. The Hall–Kier alpha value is -2.91. The standard InChI is InChI=1S/C39H57NO2/c1-4-7-9-11-13-15-17-19-21-25-31-41-38-33-35(6-3)36(28-29-37-27-23-24-30-40-37)34-39(38)42-32-26-22-20-18-16-14-12-10-8-5-2/h3,23-24,27,30,33-34H,4-5,7-22,25-26,31-32H2,1-2H3. The Bertz CT molecular complexity index is 1040. The van der Waals surface area contributed by atoms with Gasteiger partial charge in [0.2, 0.25) is 0 Å². The lowest BCUT2D eigenvalue weighted by Crippen LogP contribution is -2.04. The number of rotatable bonds is 24. The van der Waals surface area contributed by atoms with Crippen LogP contribution >= 0.6 is 0 Å². The lowest BCUT2D eigenvalue weighted by atomic mass is 10.1. The predicted octanol–water partition coefficient (Wildman–Crippen LogP) is 11.1. The number of hydrogen-bond donors (Lipinski definition) is 0. The number of hydrogen-bond acceptors (Lipinski definition) is 3. The molecule has 2 aromatic rings. The van der Waals surface area contributed by atoms with E-state index in [4.69, 9.17) is 15.9 Å². The molecule has 0 aliphatic carbocycles. The van der Waals surface area contributed by atoms with Gasteiger partial charge in [-0.15, -0.1) is 6.42 Å². The zero-order chi connectivity index (χ0) is 29.9. The average Bonchev–Trinajstić information content (AvgIpc) is 3.02. The third kappa shape index (κ3) is 16.5. The molecule has 1 aromatic heterocycles. The monoisotopic (exact) mass is 571 g/mol. The molecule has 0 fully saturated rings. The summed E-state index contributed by atoms with van der Waals surface area (Å²) in [6.07, 6.45) is 33.7. The van der Waals surface area contributed by atoms with E-state index in [0.717, 1.165) is 41.2 Å². The van der Waals surface area contributed by atoms with Crippen LogP contribution in [0.1, 0.15) is 159 Å². The van der Waals surface area contributed by atoms with E-state index in [1.807, 2.05) is 30.3 Å². The molecule has 1 heterocycles. The van der Waals surface area contributed by atoms with Crippen LogP contribution in [0.25, 0.3) is 0 Å². The average molecular weight is 572 g/mol. The van der Waals surface area contributed by atoms with E-state index in [-0.39, 0.29) is 0 Å². The van der Waals surface area contributed by atoms with Gasteiger partial charge in [0.15, 0.2) is 11.5 Å². The van der Waals surface area contributed by atoms with Crippen LogP contribution in [0.3, 0.4) is 0 Å². The van der Waals surface area contributed by atoms with Crippen molar-refractivity contribution in [2.45, 2.75) is 142 Å². The van der Waals surface area contributed by atoms with Crippen molar-refractivity contribution in [2.75, 3.05) is 13.2 Å². The summed E-state index contributed by atoms with van der Waals surface area (Å²) in [5.74, 6) is 10.6. The first-order valence-corrected chi connectivity index (χ1v) is 17.1. The van der Waals surface area contributed by atoms with E-state index in [0.29, 0.717) is 13.2 Å². The Morgan fingerprint density at radius 1 is 0.571 bits per heavy atom. The van der Waals surface area contributed by atoms with Crippen molar-refractivity contribution < 1.29 is 9.47 Å². The van der Waals surface area contributed by atoms with E-state index < -0.39 is 0 Å².